The Kier molecular flexibility index (Phi) is 3.74. The van der Waals surface area contributed by atoms with Crippen LogP contribution in [0.25, 0.3) is 59.8 Å². The van der Waals surface area contributed by atoms with Gasteiger partial charge in [0.2, 0.25) is 0 Å². The van der Waals surface area contributed by atoms with E-state index in [-0.39, 0.29) is 5.41 Å². The molecule has 1 aliphatic heterocycles. The molecule has 3 aromatic heterocycles. The fourth-order valence-electron chi connectivity index (χ4n) is 8.43. The monoisotopic (exact) mass is 492 g/mol. The van der Waals surface area contributed by atoms with E-state index in [1.165, 1.54) is 91.1 Å². The van der Waals surface area contributed by atoms with E-state index < -0.39 is 0 Å². The van der Waals surface area contributed by atoms with Crippen molar-refractivity contribution in [2.24, 2.45) is 5.41 Å². The minimum Gasteiger partial charge on any atom is -0.307 e. The molecule has 0 saturated heterocycles. The molecule has 0 unspecified atom stereocenters. The minimum absolute atomic E-state index is 0.116. The average molecular weight is 493 g/mol. The fourth-order valence-corrected chi connectivity index (χ4v) is 8.43. The van der Waals surface area contributed by atoms with Crippen molar-refractivity contribution in [1.82, 2.24) is 9.38 Å². The molecule has 0 atom stereocenters. The maximum absolute atomic E-state index is 5.10. The van der Waals surface area contributed by atoms with Crippen LogP contribution in [0.3, 0.4) is 0 Å². The Balaban J connectivity index is 1.58. The van der Waals surface area contributed by atoms with E-state index in [0.717, 1.165) is 5.52 Å². The highest BCUT2D eigenvalue weighted by atomic mass is 14.9. The second-order valence-corrected chi connectivity index (χ2v) is 13.4. The summed E-state index contributed by atoms with van der Waals surface area (Å²) in [5.74, 6) is 0.609. The third kappa shape index (κ3) is 2.39. The van der Waals surface area contributed by atoms with Gasteiger partial charge in [-0.05, 0) is 88.1 Å². The SMILES string of the molecule is CC1(C)CCC(c2cc3ccnc4c5cc6ccccc6c6c5n5c7c(cccc7c2c5c34)C6(C)C)CC1. The van der Waals surface area contributed by atoms with Crippen molar-refractivity contribution >= 4 is 59.8 Å². The smallest absolute Gasteiger partial charge is 0.0823 e. The first kappa shape index (κ1) is 21.3. The molecule has 186 valence electrons. The number of rotatable bonds is 1. The number of para-hydroxylation sites is 1. The lowest BCUT2D eigenvalue weighted by Gasteiger charge is -2.35. The maximum atomic E-state index is 5.10. The summed E-state index contributed by atoms with van der Waals surface area (Å²) in [5.41, 5.74) is 10.1. The number of pyridine rings is 2. The van der Waals surface area contributed by atoms with E-state index in [1.807, 2.05) is 6.20 Å². The predicted molar refractivity (Wildman–Crippen MR) is 161 cm³/mol. The molecule has 9 rings (SSSR count). The van der Waals surface area contributed by atoms with Crippen LogP contribution in [0.2, 0.25) is 0 Å². The van der Waals surface area contributed by atoms with Crippen LogP contribution in [-0.2, 0) is 5.41 Å². The molecule has 2 heteroatoms. The molecule has 4 heterocycles. The summed E-state index contributed by atoms with van der Waals surface area (Å²) in [5, 5.41) is 9.53. The molecule has 2 nitrogen and oxygen atoms in total. The van der Waals surface area contributed by atoms with E-state index in [4.69, 9.17) is 4.98 Å². The Morgan fingerprint density at radius 3 is 2.37 bits per heavy atom. The first-order valence-electron chi connectivity index (χ1n) is 14.3. The van der Waals surface area contributed by atoms with Gasteiger partial charge in [-0.15, -0.1) is 0 Å². The van der Waals surface area contributed by atoms with Crippen LogP contribution in [0.5, 0.6) is 0 Å². The van der Waals surface area contributed by atoms with Crippen LogP contribution in [-0.4, -0.2) is 9.38 Å². The zero-order chi connectivity index (χ0) is 25.6. The molecule has 0 spiro atoms. The van der Waals surface area contributed by atoms with E-state index in [1.54, 1.807) is 5.56 Å². The molecule has 7 aromatic rings. The quantitative estimate of drug-likeness (QED) is 0.165. The molecule has 2 aliphatic rings. The second kappa shape index (κ2) is 6.67. The van der Waals surface area contributed by atoms with Gasteiger partial charge in [-0.2, -0.15) is 0 Å². The first-order chi connectivity index (χ1) is 18.4. The van der Waals surface area contributed by atoms with Crippen molar-refractivity contribution in [3.05, 3.63) is 83.6 Å². The fraction of sp³-hybridized carbons (Fsp3) is 0.306. The van der Waals surface area contributed by atoms with Gasteiger partial charge in [0.1, 0.15) is 0 Å². The maximum Gasteiger partial charge on any atom is 0.0823 e. The van der Waals surface area contributed by atoms with E-state index in [9.17, 15) is 0 Å². The highest BCUT2D eigenvalue weighted by Gasteiger charge is 2.38. The van der Waals surface area contributed by atoms with Crippen LogP contribution in [0, 0.1) is 5.41 Å². The van der Waals surface area contributed by atoms with Crippen LogP contribution in [0.1, 0.15) is 76.0 Å². The van der Waals surface area contributed by atoms with Gasteiger partial charge >= 0.3 is 0 Å². The summed E-state index contributed by atoms with van der Waals surface area (Å²) >= 11 is 0. The standard InChI is InChI=1S/C36H32N2/c1-35(2)15-12-20(13-16-35)25-19-22-14-17-37-31-26-18-21-8-5-6-9-23(21)30-33(26)38-32-24(29(25)34(38)28(22)31)10-7-11-27(32)36(30,3)4/h5-11,14,17-20H,12-13,15-16H2,1-4H3. The van der Waals surface area contributed by atoms with Crippen LogP contribution >= 0.6 is 0 Å². The summed E-state index contributed by atoms with van der Waals surface area (Å²) in [7, 11) is 0. The largest absolute Gasteiger partial charge is 0.307 e. The third-order valence-corrected chi connectivity index (χ3v) is 10.4. The topological polar surface area (TPSA) is 17.3 Å². The lowest BCUT2D eigenvalue weighted by Crippen LogP contribution is -2.24. The lowest BCUT2D eigenvalue weighted by atomic mass is 9.70. The Bertz CT molecular complexity index is 2130. The van der Waals surface area contributed by atoms with Crippen molar-refractivity contribution < 1.29 is 0 Å². The van der Waals surface area contributed by atoms with Gasteiger partial charge in [-0.25, -0.2) is 0 Å². The molecule has 0 amide bonds. The van der Waals surface area contributed by atoms with Gasteiger partial charge in [0, 0.05) is 33.2 Å². The molecule has 1 fully saturated rings. The number of hydrogen-bond acceptors (Lipinski definition) is 1. The van der Waals surface area contributed by atoms with Crippen molar-refractivity contribution in [2.45, 2.75) is 64.7 Å². The number of fused-ring (bicyclic) bond motifs is 4. The van der Waals surface area contributed by atoms with Crippen LogP contribution in [0.15, 0.2) is 66.9 Å². The number of benzene rings is 4. The van der Waals surface area contributed by atoms with Gasteiger partial charge < -0.3 is 4.40 Å². The number of nitrogens with zero attached hydrogens (tertiary/aromatic N) is 2. The lowest BCUT2D eigenvalue weighted by molar-refractivity contribution is 0.225. The zero-order valence-corrected chi connectivity index (χ0v) is 22.7. The summed E-state index contributed by atoms with van der Waals surface area (Å²) in [6.45, 7) is 9.75. The van der Waals surface area contributed by atoms with Crippen LogP contribution in [0.4, 0.5) is 0 Å². The molecular weight excluding hydrogens is 460 g/mol. The van der Waals surface area contributed by atoms with E-state index in [0.29, 0.717) is 11.3 Å². The molecule has 4 aromatic carbocycles. The Labute approximate surface area is 222 Å². The summed E-state index contributed by atoms with van der Waals surface area (Å²) in [6, 6.07) is 23.2. The summed E-state index contributed by atoms with van der Waals surface area (Å²) in [6.07, 6.45) is 7.19. The molecule has 38 heavy (non-hydrogen) atoms. The molecule has 0 bridgehead atoms. The summed E-state index contributed by atoms with van der Waals surface area (Å²) < 4.78 is 2.66. The van der Waals surface area contributed by atoms with Crippen molar-refractivity contribution in [3.8, 4) is 0 Å². The molecule has 1 aliphatic carbocycles. The first-order valence-corrected chi connectivity index (χ1v) is 14.3. The predicted octanol–water partition coefficient (Wildman–Crippen LogP) is 9.86. The molecular formula is C36H32N2. The average Bonchev–Trinajstić information content (AvgIpc) is 3.26. The number of hydrogen-bond donors (Lipinski definition) is 0. The van der Waals surface area contributed by atoms with E-state index in [2.05, 4.69) is 92.8 Å². The summed E-state index contributed by atoms with van der Waals surface area (Å²) in [4.78, 5) is 5.10. The molecule has 1 saturated carbocycles. The molecule has 0 N–H and O–H groups in total. The van der Waals surface area contributed by atoms with Crippen LogP contribution < -0.4 is 0 Å². The zero-order valence-electron chi connectivity index (χ0n) is 22.7. The van der Waals surface area contributed by atoms with Crippen molar-refractivity contribution in [3.63, 3.8) is 0 Å². The van der Waals surface area contributed by atoms with E-state index >= 15 is 0 Å². The Morgan fingerprint density at radius 2 is 1.53 bits per heavy atom. The minimum atomic E-state index is -0.116. The number of aromatic nitrogens is 2. The van der Waals surface area contributed by atoms with Gasteiger partial charge in [-0.3, -0.25) is 4.98 Å². The van der Waals surface area contributed by atoms with Gasteiger partial charge in [0.25, 0.3) is 0 Å². The van der Waals surface area contributed by atoms with Gasteiger partial charge in [-0.1, -0.05) is 70.2 Å². The van der Waals surface area contributed by atoms with Gasteiger partial charge in [0.15, 0.2) is 0 Å². The normalized spacial score (nSPS) is 18.9. The Hall–Kier alpha value is -3.65. The van der Waals surface area contributed by atoms with Gasteiger partial charge in [0.05, 0.1) is 22.1 Å². The van der Waals surface area contributed by atoms with Crippen molar-refractivity contribution in [1.29, 1.82) is 0 Å². The molecule has 0 radical (unpaired) electrons. The van der Waals surface area contributed by atoms with Crippen molar-refractivity contribution in [2.75, 3.05) is 0 Å². The second-order valence-electron chi connectivity index (χ2n) is 13.4. The Morgan fingerprint density at radius 1 is 0.737 bits per heavy atom. The third-order valence-electron chi connectivity index (χ3n) is 10.4. The highest BCUT2D eigenvalue weighted by Crippen LogP contribution is 2.54. The highest BCUT2D eigenvalue weighted by molar-refractivity contribution is 6.31.